The van der Waals surface area contributed by atoms with Gasteiger partial charge in [-0.2, -0.15) is 0 Å². The number of carbonyl (C=O) groups excluding carboxylic acids is 1. The number of ether oxygens (including phenoxy) is 1. The van der Waals surface area contributed by atoms with Gasteiger partial charge in [-0.3, -0.25) is 4.79 Å². The number of nitrogens with zero attached hydrogens (tertiary/aromatic N) is 4. The quantitative estimate of drug-likeness (QED) is 0.779. The minimum absolute atomic E-state index is 0.125. The molecule has 0 radical (unpaired) electrons. The van der Waals surface area contributed by atoms with Gasteiger partial charge in [0.15, 0.2) is 5.82 Å². The molecule has 2 aromatic rings. The van der Waals surface area contributed by atoms with Gasteiger partial charge in [0.1, 0.15) is 12.1 Å². The fraction of sp³-hybridized carbons (Fsp3) is 0.500. The second-order valence-corrected chi connectivity index (χ2v) is 4.88. The van der Waals surface area contributed by atoms with E-state index in [1.807, 2.05) is 36.4 Å². The normalized spacial score (nSPS) is 11.1. The Labute approximate surface area is 118 Å². The van der Waals surface area contributed by atoms with E-state index in [0.29, 0.717) is 12.4 Å². The van der Waals surface area contributed by atoms with Crippen LogP contribution in [0.2, 0.25) is 0 Å². The number of rotatable bonds is 5. The first-order valence-electron chi connectivity index (χ1n) is 6.72. The lowest BCUT2D eigenvalue weighted by atomic mass is 10.2. The highest BCUT2D eigenvalue weighted by Gasteiger charge is 2.20. The van der Waals surface area contributed by atoms with E-state index >= 15 is 0 Å². The molecule has 0 atom stereocenters. The van der Waals surface area contributed by atoms with Crippen LogP contribution in [0, 0.1) is 0 Å². The second kappa shape index (κ2) is 5.90. The maximum Gasteiger partial charge on any atom is 0.325 e. The predicted octanol–water partition coefficient (Wildman–Crippen LogP) is 1.75. The SMILES string of the molecule is CCOC(=O)CN(c1nccc2c1ncn2C)C(C)C. The number of carbonyl (C=O) groups is 1. The van der Waals surface area contributed by atoms with Gasteiger partial charge in [-0.05, 0) is 26.8 Å². The first-order valence-corrected chi connectivity index (χ1v) is 6.72. The van der Waals surface area contributed by atoms with E-state index in [4.69, 9.17) is 4.74 Å². The highest BCUT2D eigenvalue weighted by Crippen LogP contribution is 2.24. The van der Waals surface area contributed by atoms with Gasteiger partial charge < -0.3 is 14.2 Å². The number of esters is 1. The summed E-state index contributed by atoms with van der Waals surface area (Å²) in [6, 6.07) is 2.04. The van der Waals surface area contributed by atoms with Crippen molar-refractivity contribution in [3.05, 3.63) is 18.6 Å². The molecule has 0 unspecified atom stereocenters. The van der Waals surface area contributed by atoms with Gasteiger partial charge in [0.25, 0.3) is 0 Å². The number of hydrogen-bond acceptors (Lipinski definition) is 5. The molecular weight excluding hydrogens is 256 g/mol. The Morgan fingerprint density at radius 1 is 1.45 bits per heavy atom. The van der Waals surface area contributed by atoms with Crippen LogP contribution in [0.4, 0.5) is 5.82 Å². The maximum atomic E-state index is 11.8. The Morgan fingerprint density at radius 2 is 2.20 bits per heavy atom. The summed E-state index contributed by atoms with van der Waals surface area (Å²) in [5.74, 6) is 0.460. The average Bonchev–Trinajstić information content (AvgIpc) is 2.78. The molecule has 0 spiro atoms. The number of anilines is 1. The summed E-state index contributed by atoms with van der Waals surface area (Å²) in [4.78, 5) is 22.4. The summed E-state index contributed by atoms with van der Waals surface area (Å²) in [6.07, 6.45) is 3.48. The zero-order chi connectivity index (χ0) is 14.7. The van der Waals surface area contributed by atoms with Crippen LogP contribution in [0.1, 0.15) is 20.8 Å². The molecule has 0 aromatic carbocycles. The zero-order valence-corrected chi connectivity index (χ0v) is 12.3. The summed E-state index contributed by atoms with van der Waals surface area (Å²) in [7, 11) is 1.93. The van der Waals surface area contributed by atoms with Crippen LogP contribution in [-0.4, -0.2) is 39.7 Å². The predicted molar refractivity (Wildman–Crippen MR) is 77.6 cm³/mol. The number of hydrogen-bond donors (Lipinski definition) is 0. The minimum atomic E-state index is -0.254. The van der Waals surface area contributed by atoms with Crippen LogP contribution in [0.3, 0.4) is 0 Å². The van der Waals surface area contributed by atoms with Crippen LogP contribution in [0.25, 0.3) is 11.0 Å². The molecule has 0 fully saturated rings. The van der Waals surface area contributed by atoms with Crippen molar-refractivity contribution < 1.29 is 9.53 Å². The van der Waals surface area contributed by atoms with Crippen molar-refractivity contribution in [2.24, 2.45) is 7.05 Å². The topological polar surface area (TPSA) is 60.2 Å². The van der Waals surface area contributed by atoms with E-state index in [1.54, 1.807) is 19.4 Å². The molecule has 0 aliphatic heterocycles. The summed E-state index contributed by atoms with van der Waals surface area (Å²) < 4.78 is 6.96. The van der Waals surface area contributed by atoms with Gasteiger partial charge in [-0.1, -0.05) is 0 Å². The maximum absolute atomic E-state index is 11.8. The molecule has 0 amide bonds. The number of imidazole rings is 1. The molecule has 6 nitrogen and oxygen atoms in total. The van der Waals surface area contributed by atoms with Gasteiger partial charge in [-0.15, -0.1) is 0 Å². The van der Waals surface area contributed by atoms with Crippen LogP contribution >= 0.6 is 0 Å². The zero-order valence-electron chi connectivity index (χ0n) is 12.3. The molecule has 2 aromatic heterocycles. The molecule has 2 rings (SSSR count). The summed E-state index contributed by atoms with van der Waals surface area (Å²) in [6.45, 7) is 6.39. The van der Waals surface area contributed by atoms with E-state index in [-0.39, 0.29) is 18.6 Å². The van der Waals surface area contributed by atoms with Crippen molar-refractivity contribution in [3.63, 3.8) is 0 Å². The van der Waals surface area contributed by atoms with Crippen molar-refractivity contribution in [1.82, 2.24) is 14.5 Å². The standard InChI is InChI=1S/C14H20N4O2/c1-5-20-12(19)8-18(10(2)3)14-13-11(6-7-15-14)17(4)9-16-13/h6-7,9-10H,5,8H2,1-4H3. The largest absolute Gasteiger partial charge is 0.465 e. The molecule has 108 valence electrons. The third-order valence-electron chi connectivity index (χ3n) is 3.12. The van der Waals surface area contributed by atoms with Gasteiger partial charge in [-0.25, -0.2) is 9.97 Å². The van der Waals surface area contributed by atoms with Crippen molar-refractivity contribution in [3.8, 4) is 0 Å². The molecule has 0 saturated heterocycles. The number of pyridine rings is 1. The average molecular weight is 276 g/mol. The summed E-state index contributed by atoms with van der Waals surface area (Å²) in [5.41, 5.74) is 1.79. The highest BCUT2D eigenvalue weighted by molar-refractivity contribution is 5.88. The molecule has 2 heterocycles. The third-order valence-corrected chi connectivity index (χ3v) is 3.12. The number of aromatic nitrogens is 3. The summed E-state index contributed by atoms with van der Waals surface area (Å²) >= 11 is 0. The Balaban J connectivity index is 2.39. The Morgan fingerprint density at radius 3 is 2.85 bits per heavy atom. The van der Waals surface area contributed by atoms with E-state index in [9.17, 15) is 4.79 Å². The van der Waals surface area contributed by atoms with Gasteiger partial charge in [0, 0.05) is 19.3 Å². The number of fused-ring (bicyclic) bond motifs is 1. The monoisotopic (exact) mass is 276 g/mol. The molecule has 0 bridgehead atoms. The van der Waals surface area contributed by atoms with E-state index in [2.05, 4.69) is 9.97 Å². The van der Waals surface area contributed by atoms with Crippen LogP contribution < -0.4 is 4.90 Å². The van der Waals surface area contributed by atoms with Crippen LogP contribution in [-0.2, 0) is 16.6 Å². The molecular formula is C14H20N4O2. The van der Waals surface area contributed by atoms with Crippen molar-refractivity contribution >= 4 is 22.8 Å². The van der Waals surface area contributed by atoms with Gasteiger partial charge in [0.05, 0.1) is 18.5 Å². The molecule has 6 heteroatoms. The fourth-order valence-electron chi connectivity index (χ4n) is 2.11. The van der Waals surface area contributed by atoms with Gasteiger partial charge in [0.2, 0.25) is 0 Å². The molecule has 20 heavy (non-hydrogen) atoms. The smallest absolute Gasteiger partial charge is 0.325 e. The Hall–Kier alpha value is -2.11. The van der Waals surface area contributed by atoms with Crippen molar-refractivity contribution in [1.29, 1.82) is 0 Å². The van der Waals surface area contributed by atoms with E-state index < -0.39 is 0 Å². The highest BCUT2D eigenvalue weighted by atomic mass is 16.5. The Kier molecular flexibility index (Phi) is 4.22. The second-order valence-electron chi connectivity index (χ2n) is 4.88. The summed E-state index contributed by atoms with van der Waals surface area (Å²) in [5, 5.41) is 0. The molecule has 0 N–H and O–H groups in total. The lowest BCUT2D eigenvalue weighted by Gasteiger charge is -2.26. The fourth-order valence-corrected chi connectivity index (χ4v) is 2.11. The third kappa shape index (κ3) is 2.74. The van der Waals surface area contributed by atoms with Crippen LogP contribution in [0.15, 0.2) is 18.6 Å². The molecule has 0 aliphatic carbocycles. The minimum Gasteiger partial charge on any atom is -0.465 e. The number of aryl methyl sites for hydroxylation is 1. The Bertz CT molecular complexity index is 606. The van der Waals surface area contributed by atoms with Gasteiger partial charge >= 0.3 is 5.97 Å². The van der Waals surface area contributed by atoms with Crippen molar-refractivity contribution in [2.45, 2.75) is 26.8 Å². The lowest BCUT2D eigenvalue weighted by Crippen LogP contribution is -2.37. The van der Waals surface area contributed by atoms with E-state index in [0.717, 1.165) is 11.0 Å². The molecule has 0 saturated carbocycles. The first kappa shape index (κ1) is 14.3. The first-order chi connectivity index (χ1) is 9.54. The van der Waals surface area contributed by atoms with Crippen molar-refractivity contribution in [2.75, 3.05) is 18.1 Å². The van der Waals surface area contributed by atoms with Crippen LogP contribution in [0.5, 0.6) is 0 Å². The lowest BCUT2D eigenvalue weighted by molar-refractivity contribution is -0.141. The molecule has 0 aliphatic rings. The van der Waals surface area contributed by atoms with E-state index in [1.165, 1.54) is 0 Å².